The molecule has 4 rings (SSSR count). The molecule has 3 N–H and O–H groups in total. The van der Waals surface area contributed by atoms with Gasteiger partial charge in [0.05, 0.1) is 10.7 Å². The zero-order chi connectivity index (χ0) is 19.7. The van der Waals surface area contributed by atoms with Crippen LogP contribution in [0.25, 0.3) is 11.0 Å². The number of aromatic nitrogens is 2. The molecule has 0 unspecified atom stereocenters. The molecule has 2 heterocycles. The first-order chi connectivity index (χ1) is 13.5. The highest BCUT2D eigenvalue weighted by Crippen LogP contribution is 2.28. The normalized spacial score (nSPS) is 14.5. The van der Waals surface area contributed by atoms with Gasteiger partial charge in [-0.25, -0.2) is 18.6 Å². The summed E-state index contributed by atoms with van der Waals surface area (Å²) in [5.74, 6) is -1.46. The molecular weight excluding hydrogens is 386 g/mol. The van der Waals surface area contributed by atoms with Gasteiger partial charge in [0.1, 0.15) is 11.5 Å². The Kier molecular flexibility index (Phi) is 5.17. The highest BCUT2D eigenvalue weighted by Gasteiger charge is 2.20. The van der Waals surface area contributed by atoms with Gasteiger partial charge in [0.25, 0.3) is 0 Å². The number of hydrogen-bond donors (Lipinski definition) is 3. The van der Waals surface area contributed by atoms with Crippen LogP contribution < -0.4 is 10.6 Å². The van der Waals surface area contributed by atoms with Gasteiger partial charge in [0, 0.05) is 35.8 Å². The fourth-order valence-electron chi connectivity index (χ4n) is 3.64. The topological polar surface area (TPSA) is 69.8 Å². The molecule has 146 valence electrons. The van der Waals surface area contributed by atoms with Crippen molar-refractivity contribution in [2.45, 2.75) is 38.1 Å². The van der Waals surface area contributed by atoms with Crippen molar-refractivity contribution < 1.29 is 13.6 Å². The molecule has 0 radical (unpaired) electrons. The number of fused-ring (bicyclic) bond motifs is 1. The van der Waals surface area contributed by atoms with Crippen molar-refractivity contribution in [3.63, 3.8) is 0 Å². The molecule has 8 heteroatoms. The minimum atomic E-state index is -0.786. The van der Waals surface area contributed by atoms with Crippen molar-refractivity contribution in [1.82, 2.24) is 15.3 Å². The highest BCUT2D eigenvalue weighted by molar-refractivity contribution is 6.31. The molecule has 0 atom stereocenters. The average molecular weight is 405 g/mol. The summed E-state index contributed by atoms with van der Waals surface area (Å²) in [6, 6.07) is 3.71. The lowest BCUT2D eigenvalue weighted by atomic mass is 10.0. The zero-order valence-electron chi connectivity index (χ0n) is 15.0. The number of carbonyl (C=O) groups excluding carboxylic acids is 1. The van der Waals surface area contributed by atoms with Crippen molar-refractivity contribution in [2.75, 3.05) is 5.32 Å². The third kappa shape index (κ3) is 3.80. The number of amides is 2. The number of aromatic amines is 1. The summed E-state index contributed by atoms with van der Waals surface area (Å²) in [6.45, 7) is 0. The lowest BCUT2D eigenvalue weighted by Gasteiger charge is -2.15. The van der Waals surface area contributed by atoms with Gasteiger partial charge in [0.2, 0.25) is 0 Å². The Morgan fingerprint density at radius 3 is 2.86 bits per heavy atom. The number of benzene rings is 1. The van der Waals surface area contributed by atoms with Crippen LogP contribution in [0.4, 0.5) is 19.3 Å². The number of anilines is 1. The number of carbonyl (C=O) groups is 1. The SMILES string of the molecule is O=C(Nc1ccc(F)c(Cc2c[nH]c3ncc(Cl)cc23)c1F)NC1CCCC1. The van der Waals surface area contributed by atoms with E-state index in [1.54, 1.807) is 12.3 Å². The molecule has 3 aromatic rings. The molecule has 1 saturated carbocycles. The van der Waals surface area contributed by atoms with Gasteiger partial charge in [0.15, 0.2) is 5.82 Å². The number of nitrogens with one attached hydrogen (secondary N) is 3. The van der Waals surface area contributed by atoms with E-state index in [1.807, 2.05) is 0 Å². The van der Waals surface area contributed by atoms with Crippen LogP contribution in [0.2, 0.25) is 5.02 Å². The van der Waals surface area contributed by atoms with E-state index in [2.05, 4.69) is 20.6 Å². The molecule has 1 aromatic carbocycles. The smallest absolute Gasteiger partial charge is 0.319 e. The van der Waals surface area contributed by atoms with Crippen LogP contribution in [-0.2, 0) is 6.42 Å². The molecule has 0 aliphatic heterocycles. The minimum Gasteiger partial charge on any atom is -0.346 e. The molecule has 1 fully saturated rings. The van der Waals surface area contributed by atoms with Gasteiger partial charge < -0.3 is 15.6 Å². The van der Waals surface area contributed by atoms with E-state index in [4.69, 9.17) is 11.6 Å². The van der Waals surface area contributed by atoms with Crippen molar-refractivity contribution in [3.05, 3.63) is 58.4 Å². The Hall–Kier alpha value is -2.67. The van der Waals surface area contributed by atoms with Crippen molar-refractivity contribution in [3.8, 4) is 0 Å². The van der Waals surface area contributed by atoms with E-state index in [0.717, 1.165) is 31.7 Å². The van der Waals surface area contributed by atoms with Gasteiger partial charge >= 0.3 is 6.03 Å². The first-order valence-corrected chi connectivity index (χ1v) is 9.55. The number of H-pyrrole nitrogens is 1. The van der Waals surface area contributed by atoms with E-state index in [-0.39, 0.29) is 23.7 Å². The Labute approximate surface area is 165 Å². The zero-order valence-corrected chi connectivity index (χ0v) is 15.7. The van der Waals surface area contributed by atoms with Gasteiger partial charge in [-0.05, 0) is 36.6 Å². The summed E-state index contributed by atoms with van der Waals surface area (Å²) < 4.78 is 29.3. The van der Waals surface area contributed by atoms with Crippen LogP contribution in [0, 0.1) is 11.6 Å². The summed E-state index contributed by atoms with van der Waals surface area (Å²) in [5.41, 5.74) is 1.07. The van der Waals surface area contributed by atoms with Crippen molar-refractivity contribution in [2.24, 2.45) is 0 Å². The standard InChI is InChI=1S/C20H19ClF2N4O/c21-12-8-14-11(9-24-19(14)25-10-12)7-15-16(22)5-6-17(18(15)23)27-20(28)26-13-3-1-2-4-13/h5-6,8-10,13H,1-4,7H2,(H,24,25)(H2,26,27,28). The van der Waals surface area contributed by atoms with E-state index >= 15 is 0 Å². The lowest BCUT2D eigenvalue weighted by molar-refractivity contribution is 0.248. The Bertz CT molecular complexity index is 1030. The van der Waals surface area contributed by atoms with Crippen LogP contribution in [0.15, 0.2) is 30.6 Å². The lowest BCUT2D eigenvalue weighted by Crippen LogP contribution is -2.36. The van der Waals surface area contributed by atoms with Crippen molar-refractivity contribution >= 4 is 34.4 Å². The molecule has 2 amide bonds. The molecule has 5 nitrogen and oxygen atoms in total. The fourth-order valence-corrected chi connectivity index (χ4v) is 3.80. The summed E-state index contributed by atoms with van der Waals surface area (Å²) in [4.78, 5) is 19.3. The summed E-state index contributed by atoms with van der Waals surface area (Å²) >= 11 is 5.99. The third-order valence-electron chi connectivity index (χ3n) is 5.08. The van der Waals surface area contributed by atoms with Gasteiger partial charge in [-0.2, -0.15) is 0 Å². The molecule has 0 saturated heterocycles. The predicted molar refractivity (Wildman–Crippen MR) is 105 cm³/mol. The number of urea groups is 1. The van der Waals surface area contributed by atoms with Gasteiger partial charge in [-0.3, -0.25) is 0 Å². The number of nitrogens with zero attached hydrogens (tertiary/aromatic N) is 1. The summed E-state index contributed by atoms with van der Waals surface area (Å²) in [5, 5.41) is 6.46. The van der Waals surface area contributed by atoms with Crippen LogP contribution in [-0.4, -0.2) is 22.0 Å². The van der Waals surface area contributed by atoms with Crippen molar-refractivity contribution in [1.29, 1.82) is 0 Å². The highest BCUT2D eigenvalue weighted by atomic mass is 35.5. The average Bonchev–Trinajstić information content (AvgIpc) is 3.31. The number of pyridine rings is 1. The number of halogens is 3. The summed E-state index contributed by atoms with van der Waals surface area (Å²) in [6.07, 6.45) is 7.13. The maximum Gasteiger partial charge on any atom is 0.319 e. The monoisotopic (exact) mass is 404 g/mol. The van der Waals surface area contributed by atoms with E-state index in [1.165, 1.54) is 12.3 Å². The quantitative estimate of drug-likeness (QED) is 0.562. The second-order valence-corrected chi connectivity index (χ2v) is 7.44. The molecule has 1 aliphatic rings. The van der Waals surface area contributed by atoms with E-state index in [0.29, 0.717) is 21.6 Å². The number of rotatable bonds is 4. The van der Waals surface area contributed by atoms with E-state index in [9.17, 15) is 13.6 Å². The second-order valence-electron chi connectivity index (χ2n) is 7.01. The summed E-state index contributed by atoms with van der Waals surface area (Å²) in [7, 11) is 0. The first kappa shape index (κ1) is 18.7. The van der Waals surface area contributed by atoms with Crippen LogP contribution in [0.3, 0.4) is 0 Å². The minimum absolute atomic E-state index is 0.000543. The molecular formula is C20H19ClF2N4O. The molecule has 0 spiro atoms. The van der Waals surface area contributed by atoms with Crippen LogP contribution >= 0.6 is 11.6 Å². The second kappa shape index (κ2) is 7.75. The Morgan fingerprint density at radius 1 is 1.29 bits per heavy atom. The largest absolute Gasteiger partial charge is 0.346 e. The van der Waals surface area contributed by atoms with Crippen LogP contribution in [0.5, 0.6) is 0 Å². The van der Waals surface area contributed by atoms with E-state index < -0.39 is 17.7 Å². The maximum absolute atomic E-state index is 14.9. The molecule has 1 aliphatic carbocycles. The maximum atomic E-state index is 14.9. The third-order valence-corrected chi connectivity index (χ3v) is 5.28. The predicted octanol–water partition coefficient (Wildman–Crippen LogP) is 5.15. The number of hydrogen-bond acceptors (Lipinski definition) is 2. The van der Waals surface area contributed by atoms with Gasteiger partial charge in [-0.15, -0.1) is 0 Å². The van der Waals surface area contributed by atoms with Gasteiger partial charge in [-0.1, -0.05) is 24.4 Å². The Morgan fingerprint density at radius 2 is 2.07 bits per heavy atom. The Balaban J connectivity index is 1.57. The van der Waals surface area contributed by atoms with Crippen LogP contribution in [0.1, 0.15) is 36.8 Å². The molecule has 2 aromatic heterocycles. The fraction of sp³-hybridized carbons (Fsp3) is 0.300. The molecule has 0 bridgehead atoms. The first-order valence-electron chi connectivity index (χ1n) is 9.17. The molecule has 28 heavy (non-hydrogen) atoms.